The van der Waals surface area contributed by atoms with Crippen molar-refractivity contribution in [3.05, 3.63) is 58.1 Å². The van der Waals surface area contributed by atoms with Crippen molar-refractivity contribution >= 4 is 29.5 Å². The van der Waals surface area contributed by atoms with E-state index in [1.165, 1.54) is 23.4 Å². The number of amides is 1. The number of hydrogen-bond donors (Lipinski definition) is 0. The highest BCUT2D eigenvalue weighted by atomic mass is 35.5. The second-order valence-electron chi connectivity index (χ2n) is 7.74. The minimum atomic E-state index is -0.511. The van der Waals surface area contributed by atoms with E-state index in [-0.39, 0.29) is 11.9 Å². The van der Waals surface area contributed by atoms with Crippen molar-refractivity contribution in [2.45, 2.75) is 49.9 Å². The smallest absolute Gasteiger partial charge is 0.410 e. The average Bonchev–Trinajstić information content (AvgIpc) is 2.84. The van der Waals surface area contributed by atoms with Crippen molar-refractivity contribution < 1.29 is 13.9 Å². The van der Waals surface area contributed by atoms with E-state index < -0.39 is 5.60 Å². The van der Waals surface area contributed by atoms with E-state index >= 15 is 0 Å². The molecule has 150 valence electrons. The van der Waals surface area contributed by atoms with Crippen LogP contribution < -0.4 is 0 Å². The Labute approximate surface area is 174 Å². The van der Waals surface area contributed by atoms with Crippen LogP contribution in [0.5, 0.6) is 0 Å². The first kappa shape index (κ1) is 20.9. The summed E-state index contributed by atoms with van der Waals surface area (Å²) in [5, 5.41) is 0.691. The molecule has 1 aliphatic rings. The van der Waals surface area contributed by atoms with Crippen molar-refractivity contribution in [2.24, 2.45) is 0 Å². The van der Waals surface area contributed by atoms with Crippen LogP contribution in [0.15, 0.2) is 35.4 Å². The zero-order chi connectivity index (χ0) is 20.3. The molecule has 0 atom stereocenters. The quantitative estimate of drug-likeness (QED) is 0.612. The lowest BCUT2D eigenvalue weighted by Gasteiger charge is -2.26. The zero-order valence-electron chi connectivity index (χ0n) is 16.3. The molecule has 0 fully saturated rings. The summed E-state index contributed by atoms with van der Waals surface area (Å²) >= 11 is 8.08. The number of halogens is 2. The third-order valence-electron chi connectivity index (χ3n) is 4.40. The molecular weight excluding hydrogens is 399 g/mol. The lowest BCUT2D eigenvalue weighted by molar-refractivity contribution is 0.0258. The van der Waals surface area contributed by atoms with Crippen molar-refractivity contribution in [2.75, 3.05) is 13.1 Å². The van der Waals surface area contributed by atoms with Crippen LogP contribution in [0.1, 0.15) is 37.6 Å². The van der Waals surface area contributed by atoms with Gasteiger partial charge in [0.1, 0.15) is 11.4 Å². The maximum absolute atomic E-state index is 13.1. The first-order valence-corrected chi connectivity index (χ1v) is 10.6. The first-order chi connectivity index (χ1) is 13.2. The van der Waals surface area contributed by atoms with Gasteiger partial charge in [0.05, 0.1) is 16.9 Å². The summed E-state index contributed by atoms with van der Waals surface area (Å²) in [6.07, 6.45) is 2.42. The number of rotatable bonds is 3. The van der Waals surface area contributed by atoms with Crippen LogP contribution >= 0.6 is 23.4 Å². The number of hydrogen-bond acceptors (Lipinski definition) is 4. The van der Waals surface area contributed by atoms with Crippen LogP contribution in [-0.2, 0) is 23.3 Å². The van der Waals surface area contributed by atoms with Crippen LogP contribution in [0.2, 0.25) is 5.02 Å². The number of carbonyl (C=O) groups is 1. The van der Waals surface area contributed by atoms with Gasteiger partial charge in [-0.1, -0.05) is 17.7 Å². The Morgan fingerprint density at radius 3 is 2.68 bits per heavy atom. The molecule has 1 aromatic carbocycles. The van der Waals surface area contributed by atoms with Gasteiger partial charge in [-0.3, -0.25) is 4.98 Å². The normalized spacial score (nSPS) is 14.4. The van der Waals surface area contributed by atoms with E-state index in [0.717, 1.165) is 17.0 Å². The highest BCUT2D eigenvalue weighted by Gasteiger charge is 2.25. The van der Waals surface area contributed by atoms with Gasteiger partial charge in [-0.05, 0) is 62.9 Å². The molecule has 0 saturated heterocycles. The third kappa shape index (κ3) is 5.39. The maximum atomic E-state index is 13.1. The number of pyridine rings is 1. The van der Waals surface area contributed by atoms with Gasteiger partial charge in [0.2, 0.25) is 0 Å². The zero-order valence-corrected chi connectivity index (χ0v) is 17.9. The molecular formula is C21H24ClFN2O2S. The van der Waals surface area contributed by atoms with Crippen molar-refractivity contribution in [3.8, 4) is 0 Å². The fourth-order valence-corrected chi connectivity index (χ4v) is 4.48. The predicted molar refractivity (Wildman–Crippen MR) is 110 cm³/mol. The van der Waals surface area contributed by atoms with Crippen LogP contribution in [0.25, 0.3) is 0 Å². The van der Waals surface area contributed by atoms with Crippen LogP contribution in [-0.4, -0.2) is 34.7 Å². The molecule has 1 amide bonds. The number of thioether (sulfide) groups is 1. The number of nitrogens with zero attached hydrogens (tertiary/aromatic N) is 2. The van der Waals surface area contributed by atoms with Crippen LogP contribution in [0.4, 0.5) is 9.18 Å². The van der Waals surface area contributed by atoms with Gasteiger partial charge in [0.25, 0.3) is 0 Å². The number of aromatic nitrogens is 1. The summed E-state index contributed by atoms with van der Waals surface area (Å²) in [4.78, 5) is 19.3. The highest BCUT2D eigenvalue weighted by molar-refractivity contribution is 7.98. The number of benzene rings is 1. The lowest BCUT2D eigenvalue weighted by atomic mass is 10.0. The summed E-state index contributed by atoms with van der Waals surface area (Å²) in [7, 11) is 0. The number of fused-ring (bicyclic) bond motifs is 1. The average molecular weight is 423 g/mol. The first-order valence-electron chi connectivity index (χ1n) is 9.24. The van der Waals surface area contributed by atoms with Crippen molar-refractivity contribution in [3.63, 3.8) is 0 Å². The van der Waals surface area contributed by atoms with Gasteiger partial charge in [-0.25, -0.2) is 9.18 Å². The summed E-state index contributed by atoms with van der Waals surface area (Å²) in [6.45, 7) is 6.82. The van der Waals surface area contributed by atoms with Crippen molar-refractivity contribution in [1.82, 2.24) is 9.88 Å². The number of ether oxygens (including phenoxy) is 1. The fourth-order valence-electron chi connectivity index (χ4n) is 3.07. The predicted octanol–water partition coefficient (Wildman–Crippen LogP) is 5.50. The van der Waals surface area contributed by atoms with Gasteiger partial charge in [0.15, 0.2) is 0 Å². The number of carbonyl (C=O) groups excluding carboxylic acids is 1. The van der Waals surface area contributed by atoms with E-state index in [1.807, 2.05) is 32.9 Å². The molecule has 0 unspecified atom stereocenters. The van der Waals surface area contributed by atoms with Gasteiger partial charge in [-0.2, -0.15) is 0 Å². The van der Waals surface area contributed by atoms with Gasteiger partial charge in [0, 0.05) is 23.7 Å². The molecule has 28 heavy (non-hydrogen) atoms. The molecule has 0 aliphatic carbocycles. The molecule has 7 heteroatoms. The van der Waals surface area contributed by atoms with Crippen LogP contribution in [0.3, 0.4) is 0 Å². The van der Waals surface area contributed by atoms with Gasteiger partial charge >= 0.3 is 6.09 Å². The largest absolute Gasteiger partial charge is 0.444 e. The topological polar surface area (TPSA) is 42.4 Å². The summed E-state index contributed by atoms with van der Waals surface area (Å²) < 4.78 is 18.6. The second kappa shape index (κ2) is 8.70. The monoisotopic (exact) mass is 422 g/mol. The Balaban J connectivity index is 1.74. The summed E-state index contributed by atoms with van der Waals surface area (Å²) in [6, 6.07) is 7.04. The fraction of sp³-hybridized carbons (Fsp3) is 0.429. The second-order valence-corrected chi connectivity index (χ2v) is 9.13. The van der Waals surface area contributed by atoms with E-state index in [4.69, 9.17) is 16.3 Å². The molecule has 2 heterocycles. The SMILES string of the molecule is CC(C)(C)OC(=O)N1CCc2ccc(Cl)c(SCc3ccc(F)cn3)c2CC1. The molecule has 4 nitrogen and oxygen atoms in total. The molecule has 0 radical (unpaired) electrons. The Hall–Kier alpha value is -1.79. The Morgan fingerprint density at radius 2 is 2.00 bits per heavy atom. The Bertz CT molecular complexity index is 853. The minimum absolute atomic E-state index is 0.281. The minimum Gasteiger partial charge on any atom is -0.444 e. The molecule has 0 saturated carbocycles. The third-order valence-corrected chi connectivity index (χ3v) is 6.02. The van der Waals surface area contributed by atoms with E-state index in [0.29, 0.717) is 30.3 Å². The van der Waals surface area contributed by atoms with E-state index in [2.05, 4.69) is 4.98 Å². The van der Waals surface area contributed by atoms with E-state index in [9.17, 15) is 9.18 Å². The Morgan fingerprint density at radius 1 is 1.25 bits per heavy atom. The molecule has 1 aromatic heterocycles. The summed E-state index contributed by atoms with van der Waals surface area (Å²) in [5.74, 6) is 0.259. The van der Waals surface area contributed by atoms with E-state index in [1.54, 1.807) is 22.7 Å². The molecule has 3 rings (SSSR count). The van der Waals surface area contributed by atoms with Gasteiger partial charge in [-0.15, -0.1) is 11.8 Å². The molecule has 0 spiro atoms. The van der Waals surface area contributed by atoms with Crippen LogP contribution in [0, 0.1) is 5.82 Å². The van der Waals surface area contributed by atoms with Gasteiger partial charge < -0.3 is 9.64 Å². The Kier molecular flexibility index (Phi) is 6.50. The molecule has 0 N–H and O–H groups in total. The standard InChI is InChI=1S/C21H24ClFN2O2S/c1-21(2,3)27-20(26)25-10-8-14-4-7-18(22)19(17(14)9-11-25)28-13-16-6-5-15(23)12-24-16/h4-7,12H,8-11,13H2,1-3H3. The lowest BCUT2D eigenvalue weighted by Crippen LogP contribution is -2.38. The highest BCUT2D eigenvalue weighted by Crippen LogP contribution is 2.36. The molecule has 2 aromatic rings. The van der Waals surface area contributed by atoms with Crippen molar-refractivity contribution in [1.29, 1.82) is 0 Å². The maximum Gasteiger partial charge on any atom is 0.410 e. The summed E-state index contributed by atoms with van der Waals surface area (Å²) in [5.41, 5.74) is 2.66. The molecule has 1 aliphatic heterocycles. The molecule has 0 bridgehead atoms.